The maximum Gasteiger partial charge on any atom is 0.166 e. The average Bonchev–Trinajstić information content (AvgIpc) is 3.96. The average molecular weight is 747 g/mol. The van der Waals surface area contributed by atoms with E-state index in [9.17, 15) is 1.37 Å². The van der Waals surface area contributed by atoms with Crippen LogP contribution in [0.1, 0.15) is 19.2 Å². The largest absolute Gasteiger partial charge is 0.309 e. The molecule has 0 aliphatic heterocycles. The highest BCUT2D eigenvalue weighted by molar-refractivity contribution is 7.26. The van der Waals surface area contributed by atoms with Gasteiger partial charge in [0.15, 0.2) is 17.5 Å². The van der Waals surface area contributed by atoms with Crippen molar-refractivity contribution in [3.63, 3.8) is 0 Å². The Morgan fingerprint density at radius 3 is 1.86 bits per heavy atom. The zero-order valence-electron chi connectivity index (χ0n) is 43.1. The maximum absolute atomic E-state index is 9.19. The van der Waals surface area contributed by atoms with E-state index in [1.54, 1.807) is 48.5 Å². The van der Waals surface area contributed by atoms with Gasteiger partial charge in [0.2, 0.25) is 0 Å². The minimum Gasteiger partial charge on any atom is -0.309 e. The molecular formula is C51H32N4S. The number of hydrogen-bond donors (Lipinski definition) is 0. The summed E-state index contributed by atoms with van der Waals surface area (Å²) in [6.45, 7) is 0. The molecule has 262 valence electrons. The van der Waals surface area contributed by atoms with E-state index in [1.807, 2.05) is 54.6 Å². The van der Waals surface area contributed by atoms with Crippen molar-refractivity contribution in [3.05, 3.63) is 194 Å². The number of fused-ring (bicyclic) bond motifs is 6. The standard InChI is InChI=1S/C51H32N4S/c1-2-15-33(16-3-1)34-17-12-19-36(31-34)49-52-50(37-20-13-18-35(32-37)38-25-14-26-42-41-23-7-11-30-47(41)56-48(38)42)54-51(53-49)43-24-6-10-29-46(43)55-44-27-8-4-21-39(44)40-22-5-9-28-45(40)55/h1-32H/i4D,5D,7D,8D,11D,14D,21D,22D,23D,25D,26D,27D,28D,30D. The van der Waals surface area contributed by atoms with Crippen LogP contribution in [-0.4, -0.2) is 19.5 Å². The van der Waals surface area contributed by atoms with Crippen molar-refractivity contribution >= 4 is 53.3 Å². The van der Waals surface area contributed by atoms with Crippen LogP contribution in [0.25, 0.3) is 104 Å². The van der Waals surface area contributed by atoms with Crippen LogP contribution in [0.3, 0.4) is 0 Å². The fourth-order valence-corrected chi connectivity index (χ4v) is 8.22. The molecule has 8 aromatic carbocycles. The van der Waals surface area contributed by atoms with E-state index in [0.717, 1.165) is 22.5 Å². The summed E-state index contributed by atoms with van der Waals surface area (Å²) < 4.78 is 125. The van der Waals surface area contributed by atoms with E-state index in [-0.39, 0.29) is 103 Å². The van der Waals surface area contributed by atoms with Gasteiger partial charge in [-0.25, -0.2) is 15.0 Å². The van der Waals surface area contributed by atoms with Gasteiger partial charge in [0.05, 0.1) is 35.9 Å². The van der Waals surface area contributed by atoms with Gasteiger partial charge in [-0.3, -0.25) is 0 Å². The smallest absolute Gasteiger partial charge is 0.166 e. The van der Waals surface area contributed by atoms with Gasteiger partial charge in [-0.2, -0.15) is 0 Å². The van der Waals surface area contributed by atoms with Crippen LogP contribution in [-0.2, 0) is 0 Å². The van der Waals surface area contributed by atoms with Crippen molar-refractivity contribution in [3.8, 4) is 62.1 Å². The van der Waals surface area contributed by atoms with Gasteiger partial charge in [0, 0.05) is 47.6 Å². The van der Waals surface area contributed by atoms with Crippen LogP contribution in [0.5, 0.6) is 0 Å². The van der Waals surface area contributed by atoms with Gasteiger partial charge in [-0.1, -0.05) is 151 Å². The van der Waals surface area contributed by atoms with Gasteiger partial charge in [0.25, 0.3) is 0 Å². The van der Waals surface area contributed by atoms with Gasteiger partial charge >= 0.3 is 0 Å². The van der Waals surface area contributed by atoms with Crippen molar-refractivity contribution in [2.75, 3.05) is 0 Å². The monoisotopic (exact) mass is 746 g/mol. The molecule has 4 nitrogen and oxygen atoms in total. The number of thiophene rings is 1. The highest BCUT2D eigenvalue weighted by Crippen LogP contribution is 2.41. The van der Waals surface area contributed by atoms with E-state index in [0.29, 0.717) is 32.6 Å². The third-order valence-electron chi connectivity index (χ3n) is 9.67. The molecule has 0 unspecified atom stereocenters. The van der Waals surface area contributed by atoms with E-state index < -0.39 is 42.3 Å². The minimum atomic E-state index is -0.524. The number of rotatable bonds is 6. The quantitative estimate of drug-likeness (QED) is 0.170. The molecule has 5 heteroatoms. The zero-order valence-corrected chi connectivity index (χ0v) is 29.9. The third-order valence-corrected chi connectivity index (χ3v) is 10.8. The fraction of sp³-hybridized carbons (Fsp3) is 0. The van der Waals surface area contributed by atoms with Crippen molar-refractivity contribution in [2.45, 2.75) is 0 Å². The number of benzene rings is 8. The molecule has 0 radical (unpaired) electrons. The van der Waals surface area contributed by atoms with Crippen molar-refractivity contribution in [1.82, 2.24) is 19.5 Å². The number of hydrogen-bond acceptors (Lipinski definition) is 4. The van der Waals surface area contributed by atoms with Gasteiger partial charge < -0.3 is 4.57 Å². The molecule has 11 rings (SSSR count). The van der Waals surface area contributed by atoms with Crippen molar-refractivity contribution in [1.29, 1.82) is 0 Å². The molecule has 0 N–H and O–H groups in total. The summed E-state index contributed by atoms with van der Waals surface area (Å²) in [6.07, 6.45) is 0. The van der Waals surface area contributed by atoms with E-state index >= 15 is 0 Å². The van der Waals surface area contributed by atoms with Crippen LogP contribution in [0.2, 0.25) is 0 Å². The third kappa shape index (κ3) is 5.40. The first-order chi connectivity index (χ1) is 33.6. The van der Waals surface area contributed by atoms with Crippen molar-refractivity contribution in [2.24, 2.45) is 0 Å². The predicted octanol–water partition coefficient (Wildman–Crippen LogP) is 13.7. The molecule has 0 aliphatic carbocycles. The normalized spacial score (nSPS) is 15.1. The van der Waals surface area contributed by atoms with Crippen LogP contribution in [0, 0.1) is 0 Å². The molecule has 0 bridgehead atoms. The fourth-order valence-electron chi connectivity index (χ4n) is 7.13. The van der Waals surface area contributed by atoms with Crippen LogP contribution >= 0.6 is 11.3 Å². The lowest BCUT2D eigenvalue weighted by Gasteiger charge is -2.15. The Bertz CT molecular complexity index is 4080. The Kier molecular flexibility index (Phi) is 4.98. The summed E-state index contributed by atoms with van der Waals surface area (Å²) in [7, 11) is 0. The van der Waals surface area contributed by atoms with Gasteiger partial charge in [0.1, 0.15) is 0 Å². The highest BCUT2D eigenvalue weighted by Gasteiger charge is 2.20. The first-order valence-electron chi connectivity index (χ1n) is 24.6. The molecule has 3 heterocycles. The first kappa shape index (κ1) is 21.0. The van der Waals surface area contributed by atoms with E-state index in [4.69, 9.17) is 32.8 Å². The Morgan fingerprint density at radius 1 is 0.411 bits per heavy atom. The van der Waals surface area contributed by atoms with Crippen LogP contribution in [0.15, 0.2) is 194 Å². The summed E-state index contributed by atoms with van der Waals surface area (Å²) in [6, 6.07) is 27.3. The second-order valence-corrected chi connectivity index (χ2v) is 14.0. The minimum absolute atomic E-state index is 0.00185. The number of nitrogens with zero attached hydrogens (tertiary/aromatic N) is 4. The lowest BCUT2D eigenvalue weighted by atomic mass is 10.0. The highest BCUT2D eigenvalue weighted by atomic mass is 32.1. The topological polar surface area (TPSA) is 43.6 Å². The molecule has 3 aromatic heterocycles. The summed E-state index contributed by atoms with van der Waals surface area (Å²) in [5.41, 5.74) is 4.33. The number of aromatic nitrogens is 4. The Hall–Kier alpha value is -7.21. The van der Waals surface area contributed by atoms with Crippen LogP contribution in [0.4, 0.5) is 0 Å². The van der Waals surface area contributed by atoms with E-state index in [2.05, 4.69) is 0 Å². The summed E-state index contributed by atoms with van der Waals surface area (Å²) in [4.78, 5) is 15.2. The summed E-state index contributed by atoms with van der Waals surface area (Å²) >= 11 is 1.03. The van der Waals surface area contributed by atoms with Gasteiger partial charge in [-0.15, -0.1) is 11.3 Å². The van der Waals surface area contributed by atoms with Crippen LogP contribution < -0.4 is 0 Å². The molecule has 0 atom stereocenters. The number of para-hydroxylation sites is 3. The Balaban J connectivity index is 1.19. The molecule has 56 heavy (non-hydrogen) atoms. The molecule has 0 aliphatic rings. The molecule has 0 saturated carbocycles. The second kappa shape index (κ2) is 13.3. The second-order valence-electron chi connectivity index (χ2n) is 13.0. The lowest BCUT2D eigenvalue weighted by molar-refractivity contribution is 1.06. The van der Waals surface area contributed by atoms with Crippen molar-refractivity contribution < 1.29 is 19.2 Å². The zero-order chi connectivity index (χ0) is 49.2. The molecule has 0 fully saturated rings. The Morgan fingerprint density at radius 2 is 1.02 bits per heavy atom. The molecule has 0 amide bonds. The predicted molar refractivity (Wildman–Crippen MR) is 234 cm³/mol. The summed E-state index contributed by atoms with van der Waals surface area (Å²) in [5, 5.41) is 0.273. The maximum atomic E-state index is 9.19. The molecule has 0 saturated heterocycles. The van der Waals surface area contributed by atoms with Gasteiger partial charge in [-0.05, 0) is 64.6 Å². The Labute approximate surface area is 347 Å². The SMILES string of the molecule is [2H]c1cc([2H])c2c(c1[2H])c1c([2H])c([2H])c([2H])c([2H])c1n2-c1ccccc1-c1nc(-c2cccc(-c3ccccc3)c2)nc(-c2cccc(-c3c([2H])c([2H])c([2H])c4c3sc3c([2H])c([2H])c([2H])c([2H])c34)c2)n1. The van der Waals surface area contributed by atoms with E-state index in [1.165, 1.54) is 10.6 Å². The summed E-state index contributed by atoms with van der Waals surface area (Å²) in [5.74, 6) is 0.542. The molecule has 0 spiro atoms. The molecular weight excluding hydrogens is 701 g/mol. The lowest BCUT2D eigenvalue weighted by Crippen LogP contribution is -2.03. The molecule has 11 aromatic rings. The first-order valence-corrected chi connectivity index (χ1v) is 18.4.